The first-order chi connectivity index (χ1) is 22.4. The Hall–Kier alpha value is -3.92. The number of ether oxygens (including phenoxy) is 1. The standard InChI is InChI=1S/C37H52N4O6/c1-37(2,3)33(36(45)40-21-19-32(20-22-40)47-31-17-15-29(16-18-31)35(44)39(4)5)38-34(43)30(23-27-11-9-10-12-27)24-41(26-42)46-25-28-13-7-6-8-14-28/h6-8,13-18,26-27,30,32-33H,9-12,19-25H2,1-5H3,(H,38,43)/t30?,33-/m1/s1. The highest BCUT2D eigenvalue weighted by Crippen LogP contribution is 2.32. The third kappa shape index (κ3) is 10.5. The quantitative estimate of drug-likeness (QED) is 0.226. The molecule has 2 aliphatic rings. The zero-order chi connectivity index (χ0) is 34.0. The third-order valence-electron chi connectivity index (χ3n) is 9.18. The van der Waals surface area contributed by atoms with Crippen molar-refractivity contribution in [1.82, 2.24) is 20.2 Å². The predicted molar refractivity (Wildman–Crippen MR) is 180 cm³/mol. The molecule has 10 nitrogen and oxygen atoms in total. The van der Waals surface area contributed by atoms with Crippen LogP contribution in [0.2, 0.25) is 0 Å². The molecular formula is C37H52N4O6. The molecule has 4 amide bonds. The van der Waals surface area contributed by atoms with E-state index in [-0.39, 0.29) is 37.0 Å². The summed E-state index contributed by atoms with van der Waals surface area (Å²) in [5.41, 5.74) is 0.998. The van der Waals surface area contributed by atoms with Crippen molar-refractivity contribution in [3.05, 3.63) is 65.7 Å². The summed E-state index contributed by atoms with van der Waals surface area (Å²) >= 11 is 0. The van der Waals surface area contributed by atoms with Crippen LogP contribution in [-0.4, -0.2) is 84.9 Å². The molecule has 10 heteroatoms. The van der Waals surface area contributed by atoms with E-state index in [0.717, 1.165) is 31.2 Å². The minimum Gasteiger partial charge on any atom is -0.490 e. The van der Waals surface area contributed by atoms with Crippen LogP contribution in [-0.2, 0) is 25.8 Å². The first-order valence-electron chi connectivity index (χ1n) is 16.9. The molecule has 4 rings (SSSR count). The Labute approximate surface area is 279 Å². The predicted octanol–water partition coefficient (Wildman–Crippen LogP) is 5.08. The second-order valence-corrected chi connectivity index (χ2v) is 14.2. The van der Waals surface area contributed by atoms with Crippen molar-refractivity contribution in [2.24, 2.45) is 17.3 Å². The summed E-state index contributed by atoms with van der Waals surface area (Å²) in [6.07, 6.45) is 6.95. The lowest BCUT2D eigenvalue weighted by Gasteiger charge is -2.39. The van der Waals surface area contributed by atoms with Crippen LogP contribution >= 0.6 is 0 Å². The molecule has 1 saturated heterocycles. The number of nitrogens with zero attached hydrogens (tertiary/aromatic N) is 3. The molecular weight excluding hydrogens is 596 g/mol. The van der Waals surface area contributed by atoms with Crippen LogP contribution in [0.5, 0.6) is 5.75 Å². The molecule has 2 fully saturated rings. The summed E-state index contributed by atoms with van der Waals surface area (Å²) in [5, 5.41) is 4.33. The first kappa shape index (κ1) is 35.9. The summed E-state index contributed by atoms with van der Waals surface area (Å²) in [6, 6.07) is 16.0. The second kappa shape index (κ2) is 16.8. The smallest absolute Gasteiger partial charge is 0.253 e. The van der Waals surface area contributed by atoms with Gasteiger partial charge in [-0.2, -0.15) is 0 Å². The number of hydrogen-bond donors (Lipinski definition) is 1. The Morgan fingerprint density at radius 1 is 0.957 bits per heavy atom. The molecule has 1 aliphatic carbocycles. The number of rotatable bonds is 14. The van der Waals surface area contributed by atoms with Crippen molar-refractivity contribution in [1.29, 1.82) is 0 Å². The maximum Gasteiger partial charge on any atom is 0.253 e. The normalized spacial score (nSPS) is 17.1. The molecule has 0 aromatic heterocycles. The van der Waals surface area contributed by atoms with Crippen molar-refractivity contribution < 1.29 is 28.8 Å². The van der Waals surface area contributed by atoms with Gasteiger partial charge in [-0.25, -0.2) is 5.06 Å². The van der Waals surface area contributed by atoms with Gasteiger partial charge < -0.3 is 19.9 Å². The zero-order valence-electron chi connectivity index (χ0n) is 28.7. The van der Waals surface area contributed by atoms with E-state index in [9.17, 15) is 19.2 Å². The monoisotopic (exact) mass is 648 g/mol. The Kier molecular flexibility index (Phi) is 12.8. The van der Waals surface area contributed by atoms with Gasteiger partial charge in [-0.1, -0.05) is 76.8 Å². The summed E-state index contributed by atoms with van der Waals surface area (Å²) in [7, 11) is 3.44. The van der Waals surface area contributed by atoms with Crippen molar-refractivity contribution in [3.63, 3.8) is 0 Å². The van der Waals surface area contributed by atoms with Gasteiger partial charge in [0.1, 0.15) is 24.5 Å². The number of carbonyl (C=O) groups excluding carboxylic acids is 4. The van der Waals surface area contributed by atoms with Crippen LogP contribution in [0.4, 0.5) is 0 Å². The van der Waals surface area contributed by atoms with Gasteiger partial charge in [0.2, 0.25) is 18.2 Å². The zero-order valence-corrected chi connectivity index (χ0v) is 28.7. The Balaban J connectivity index is 1.36. The van der Waals surface area contributed by atoms with E-state index in [4.69, 9.17) is 9.57 Å². The summed E-state index contributed by atoms with van der Waals surface area (Å²) in [6.45, 7) is 7.26. The van der Waals surface area contributed by atoms with E-state index in [1.807, 2.05) is 56.0 Å². The van der Waals surface area contributed by atoms with Crippen LogP contribution in [0.15, 0.2) is 54.6 Å². The molecule has 0 bridgehead atoms. The second-order valence-electron chi connectivity index (χ2n) is 14.2. The van der Waals surface area contributed by atoms with Gasteiger partial charge in [0.25, 0.3) is 5.91 Å². The molecule has 1 N–H and O–H groups in total. The minimum atomic E-state index is -0.727. The fourth-order valence-corrected chi connectivity index (χ4v) is 6.40. The number of nitrogens with one attached hydrogen (secondary N) is 1. The van der Waals surface area contributed by atoms with Crippen LogP contribution in [0, 0.1) is 17.3 Å². The fourth-order valence-electron chi connectivity index (χ4n) is 6.40. The van der Waals surface area contributed by atoms with Crippen LogP contribution in [0.1, 0.15) is 81.6 Å². The maximum absolute atomic E-state index is 13.9. The highest BCUT2D eigenvalue weighted by molar-refractivity contribution is 5.94. The lowest BCUT2D eigenvalue weighted by Crippen LogP contribution is -2.58. The number of carbonyl (C=O) groups is 4. The lowest BCUT2D eigenvalue weighted by atomic mass is 9.84. The summed E-state index contributed by atoms with van der Waals surface area (Å²) < 4.78 is 6.18. The number of hydroxylamine groups is 2. The molecule has 0 radical (unpaired) electrons. The first-order valence-corrected chi connectivity index (χ1v) is 16.9. The molecule has 2 atom stereocenters. The van der Waals surface area contributed by atoms with Crippen LogP contribution < -0.4 is 10.1 Å². The average Bonchev–Trinajstić information content (AvgIpc) is 3.58. The molecule has 1 unspecified atom stereocenters. The average molecular weight is 649 g/mol. The molecule has 0 spiro atoms. The fraction of sp³-hybridized carbons (Fsp3) is 0.568. The van der Waals surface area contributed by atoms with E-state index in [2.05, 4.69) is 5.32 Å². The topological polar surface area (TPSA) is 108 Å². The maximum atomic E-state index is 13.9. The van der Waals surface area contributed by atoms with Crippen LogP contribution in [0.3, 0.4) is 0 Å². The number of benzene rings is 2. The summed E-state index contributed by atoms with van der Waals surface area (Å²) in [4.78, 5) is 61.2. The number of hydrogen-bond acceptors (Lipinski definition) is 6. The third-order valence-corrected chi connectivity index (χ3v) is 9.18. The van der Waals surface area contributed by atoms with Crippen molar-refractivity contribution in [2.45, 2.75) is 84.5 Å². The highest BCUT2D eigenvalue weighted by atomic mass is 16.7. The Morgan fingerprint density at radius 2 is 1.60 bits per heavy atom. The Morgan fingerprint density at radius 3 is 2.17 bits per heavy atom. The molecule has 1 heterocycles. The minimum absolute atomic E-state index is 0.0573. The van der Waals surface area contributed by atoms with Crippen molar-refractivity contribution >= 4 is 24.1 Å². The van der Waals surface area contributed by atoms with Crippen molar-refractivity contribution in [3.8, 4) is 5.75 Å². The van der Waals surface area contributed by atoms with E-state index >= 15 is 0 Å². The van der Waals surface area contributed by atoms with E-state index in [0.29, 0.717) is 56.0 Å². The molecule has 47 heavy (non-hydrogen) atoms. The molecule has 1 aliphatic heterocycles. The van der Waals surface area contributed by atoms with E-state index < -0.39 is 17.4 Å². The van der Waals surface area contributed by atoms with Crippen LogP contribution in [0.25, 0.3) is 0 Å². The van der Waals surface area contributed by atoms with Gasteiger partial charge in [-0.15, -0.1) is 0 Å². The molecule has 256 valence electrons. The van der Waals surface area contributed by atoms with Gasteiger partial charge in [-0.05, 0) is 47.6 Å². The summed E-state index contributed by atoms with van der Waals surface area (Å²) in [5.74, 6) is 0.190. The van der Waals surface area contributed by atoms with Gasteiger partial charge >= 0.3 is 0 Å². The highest BCUT2D eigenvalue weighted by Gasteiger charge is 2.39. The van der Waals surface area contributed by atoms with Gasteiger partial charge in [0.05, 0.1) is 12.5 Å². The number of amides is 4. The van der Waals surface area contributed by atoms with E-state index in [1.165, 1.54) is 9.96 Å². The number of likely N-dealkylation sites (tertiary alicyclic amines) is 1. The van der Waals surface area contributed by atoms with Gasteiger partial charge in [-0.3, -0.25) is 24.0 Å². The number of piperidine rings is 1. The van der Waals surface area contributed by atoms with E-state index in [1.54, 1.807) is 38.4 Å². The lowest BCUT2D eigenvalue weighted by molar-refractivity contribution is -0.182. The molecule has 1 saturated carbocycles. The van der Waals surface area contributed by atoms with Gasteiger partial charge in [0, 0.05) is 45.6 Å². The molecule has 2 aromatic carbocycles. The SMILES string of the molecule is CN(C)C(=O)c1ccc(OC2CCN(C(=O)[C@@H](NC(=O)C(CC3CCCC3)CN(C=O)OCc3ccccc3)C(C)(C)C)CC2)cc1. The molecule has 2 aromatic rings. The van der Waals surface area contributed by atoms with Gasteiger partial charge in [0.15, 0.2) is 0 Å². The van der Waals surface area contributed by atoms with Crippen molar-refractivity contribution in [2.75, 3.05) is 33.7 Å². The Bertz CT molecular complexity index is 1310. The largest absolute Gasteiger partial charge is 0.490 e.